The Labute approximate surface area is 312 Å². The van der Waals surface area contributed by atoms with Gasteiger partial charge in [-0.3, -0.25) is 14.8 Å². The van der Waals surface area contributed by atoms with E-state index in [0.29, 0.717) is 78.0 Å². The van der Waals surface area contributed by atoms with Gasteiger partial charge in [0.15, 0.2) is 0 Å². The molecule has 0 unspecified atom stereocenters. The number of carbonyl (C=O) groups is 1. The van der Waals surface area contributed by atoms with Crippen LogP contribution in [0.1, 0.15) is 70.2 Å². The van der Waals surface area contributed by atoms with E-state index in [9.17, 15) is 8.42 Å². The van der Waals surface area contributed by atoms with Gasteiger partial charge in [-0.2, -0.15) is 0 Å². The molecule has 0 aromatic heterocycles. The number of aliphatic imine (C=N–C) groups is 1. The lowest BCUT2D eigenvalue weighted by Crippen LogP contribution is -2.60. The quantitative estimate of drug-likeness (QED) is 0.219. The van der Waals surface area contributed by atoms with E-state index in [1.807, 2.05) is 91.2 Å². The van der Waals surface area contributed by atoms with Gasteiger partial charge < -0.3 is 9.64 Å². The first-order chi connectivity index (χ1) is 23.4. The van der Waals surface area contributed by atoms with Crippen molar-refractivity contribution in [2.24, 2.45) is 4.99 Å². The lowest BCUT2D eigenvalue weighted by atomic mass is 9.71. The first-order valence-corrected chi connectivity index (χ1v) is 20.2. The highest BCUT2D eigenvalue weighted by Crippen LogP contribution is 2.54. The topological polar surface area (TPSA) is 82.5 Å². The number of amides is 2. The molecule has 2 aliphatic rings. The third kappa shape index (κ3) is 7.68. The highest BCUT2D eigenvalue weighted by Gasteiger charge is 2.60. The third-order valence-electron chi connectivity index (χ3n) is 9.99. The predicted octanol–water partition coefficient (Wildman–Crippen LogP) is 8.41. The van der Waals surface area contributed by atoms with Crippen molar-refractivity contribution in [2.45, 2.75) is 64.5 Å². The Kier molecular flexibility index (Phi) is 11.3. The van der Waals surface area contributed by atoms with Crippen molar-refractivity contribution in [3.63, 3.8) is 0 Å². The predicted molar refractivity (Wildman–Crippen MR) is 205 cm³/mol. The van der Waals surface area contributed by atoms with Crippen LogP contribution in [-0.4, -0.2) is 86.3 Å². The molecule has 2 heterocycles. The number of hydrogen-bond acceptors (Lipinski definition) is 6. The molecule has 2 atom stereocenters. The third-order valence-corrected chi connectivity index (χ3v) is 11.8. The molecule has 1 saturated heterocycles. The summed E-state index contributed by atoms with van der Waals surface area (Å²) >= 11 is 19.8. The number of rotatable bonds is 9. The summed E-state index contributed by atoms with van der Waals surface area (Å²) in [4.78, 5) is 26.6. The van der Waals surface area contributed by atoms with Crippen molar-refractivity contribution in [1.29, 1.82) is 0 Å². The maximum Gasteiger partial charge on any atom is 0.326 e. The van der Waals surface area contributed by atoms with Gasteiger partial charge in [-0.05, 0) is 92.2 Å². The molecule has 0 saturated carbocycles. The van der Waals surface area contributed by atoms with Crippen LogP contribution in [0, 0.1) is 0 Å². The van der Waals surface area contributed by atoms with Crippen LogP contribution in [0.3, 0.4) is 0 Å². The number of nitrogens with zero attached hydrogens (tertiary/aromatic N) is 4. The molecule has 8 nitrogen and oxygen atoms in total. The van der Waals surface area contributed by atoms with Crippen molar-refractivity contribution in [2.75, 3.05) is 51.3 Å². The number of carbonyl (C=O) groups excluding carboxylic acids is 1. The number of piperazine rings is 1. The normalized spacial score (nSPS) is 21.8. The van der Waals surface area contributed by atoms with Crippen LogP contribution in [0.15, 0.2) is 65.7 Å². The van der Waals surface area contributed by atoms with Gasteiger partial charge in [0.05, 0.1) is 17.9 Å². The summed E-state index contributed by atoms with van der Waals surface area (Å²) in [6.45, 7) is 15.6. The molecule has 2 aliphatic heterocycles. The SMILES string of the molecule is CCOc1cc(C(C)(C)C)c(Cl)cc1C1=N[C@@](C)(c2ccc(Cl)cc2)[C@@](C)(c2ccc(Cl)cc2)N1C(=O)N1CCN(CCCS(C)(=O)=O)CC1. The van der Waals surface area contributed by atoms with Crippen molar-refractivity contribution in [1.82, 2.24) is 14.7 Å². The molecule has 0 bridgehead atoms. The van der Waals surface area contributed by atoms with Crippen LogP contribution >= 0.6 is 34.8 Å². The minimum atomic E-state index is -3.04. The van der Waals surface area contributed by atoms with Crippen molar-refractivity contribution in [3.05, 3.63) is 98.0 Å². The lowest BCUT2D eigenvalue weighted by molar-refractivity contribution is 0.0868. The second-order valence-electron chi connectivity index (χ2n) is 14.5. The molecular weight excluding hydrogens is 715 g/mol. The number of urea groups is 1. The van der Waals surface area contributed by atoms with Crippen LogP contribution in [-0.2, 0) is 26.3 Å². The van der Waals surface area contributed by atoms with Crippen molar-refractivity contribution in [3.8, 4) is 5.75 Å². The number of sulfone groups is 1. The van der Waals surface area contributed by atoms with Crippen LogP contribution in [0.4, 0.5) is 4.79 Å². The fourth-order valence-electron chi connectivity index (χ4n) is 7.00. The zero-order valence-corrected chi connectivity index (χ0v) is 33.0. The van der Waals surface area contributed by atoms with Crippen LogP contribution in [0.2, 0.25) is 15.1 Å². The Balaban J connectivity index is 1.68. The Hall–Kier alpha value is -2.82. The monoisotopic (exact) mass is 760 g/mol. The molecule has 0 aliphatic carbocycles. The Morgan fingerprint density at radius 3 is 1.98 bits per heavy atom. The maximum atomic E-state index is 15.2. The van der Waals surface area contributed by atoms with Crippen LogP contribution < -0.4 is 4.74 Å². The molecule has 0 radical (unpaired) electrons. The summed E-state index contributed by atoms with van der Waals surface area (Å²) in [5.74, 6) is 1.18. The zero-order chi connectivity index (χ0) is 36.6. The van der Waals surface area contributed by atoms with E-state index in [1.165, 1.54) is 6.26 Å². The number of hydrogen-bond donors (Lipinski definition) is 0. The van der Waals surface area contributed by atoms with E-state index in [-0.39, 0.29) is 17.2 Å². The molecule has 0 spiro atoms. The van der Waals surface area contributed by atoms with Gasteiger partial charge in [0, 0.05) is 47.5 Å². The van der Waals surface area contributed by atoms with E-state index in [2.05, 4.69) is 25.7 Å². The smallest absolute Gasteiger partial charge is 0.326 e. The minimum absolute atomic E-state index is 0.140. The highest BCUT2D eigenvalue weighted by molar-refractivity contribution is 7.90. The van der Waals surface area contributed by atoms with Crippen molar-refractivity contribution < 1.29 is 17.9 Å². The van der Waals surface area contributed by atoms with E-state index >= 15 is 4.79 Å². The zero-order valence-electron chi connectivity index (χ0n) is 29.9. The van der Waals surface area contributed by atoms with E-state index in [4.69, 9.17) is 44.5 Å². The second kappa shape index (κ2) is 14.7. The molecule has 12 heteroatoms. The maximum absolute atomic E-state index is 15.2. The Bertz CT molecular complexity index is 1850. The highest BCUT2D eigenvalue weighted by atomic mass is 35.5. The lowest BCUT2D eigenvalue weighted by Gasteiger charge is -2.47. The molecule has 5 rings (SSSR count). The molecule has 2 amide bonds. The summed E-state index contributed by atoms with van der Waals surface area (Å²) in [7, 11) is -3.04. The number of amidine groups is 1. The first-order valence-electron chi connectivity index (χ1n) is 17.0. The Morgan fingerprint density at radius 1 is 0.900 bits per heavy atom. The van der Waals surface area contributed by atoms with Gasteiger partial charge in [-0.15, -0.1) is 0 Å². The summed E-state index contributed by atoms with van der Waals surface area (Å²) in [6, 6.07) is 18.8. The standard InChI is InChI=1S/C38H47Cl3N4O4S/c1-8-49-33-25-31(36(2,3)4)32(41)24-30(33)34-42-37(5,26-10-14-28(39)15-11-26)38(6,27-12-16-29(40)17-13-27)45(34)35(46)44-21-19-43(20-22-44)18-9-23-50(7,47)48/h10-17,24-25H,8-9,18-23H2,1-7H3/t37-,38+/m0/s1. The molecule has 3 aromatic carbocycles. The minimum Gasteiger partial charge on any atom is -0.493 e. The fraction of sp³-hybridized carbons (Fsp3) is 0.474. The van der Waals surface area contributed by atoms with Crippen LogP contribution in [0.25, 0.3) is 0 Å². The van der Waals surface area contributed by atoms with E-state index in [1.54, 1.807) is 0 Å². The molecule has 3 aromatic rings. The molecule has 50 heavy (non-hydrogen) atoms. The second-order valence-corrected chi connectivity index (χ2v) is 18.1. The number of ether oxygens (including phenoxy) is 1. The molecular formula is C38H47Cl3N4O4S. The molecule has 0 N–H and O–H groups in total. The van der Waals surface area contributed by atoms with E-state index < -0.39 is 20.9 Å². The summed E-state index contributed by atoms with van der Waals surface area (Å²) in [5.41, 5.74) is 0.960. The van der Waals surface area contributed by atoms with Gasteiger partial charge in [0.2, 0.25) is 0 Å². The number of halogens is 3. The molecule has 1 fully saturated rings. The average Bonchev–Trinajstić information content (AvgIpc) is 3.29. The summed E-state index contributed by atoms with van der Waals surface area (Å²) < 4.78 is 29.7. The number of benzene rings is 3. The fourth-order valence-corrected chi connectivity index (χ4v) is 8.35. The van der Waals surface area contributed by atoms with Gasteiger partial charge in [-0.1, -0.05) is 79.8 Å². The molecule has 270 valence electrons. The van der Waals surface area contributed by atoms with Gasteiger partial charge in [-0.25, -0.2) is 13.2 Å². The van der Waals surface area contributed by atoms with Crippen LogP contribution in [0.5, 0.6) is 5.75 Å². The largest absolute Gasteiger partial charge is 0.493 e. The van der Waals surface area contributed by atoms with Gasteiger partial charge in [0.1, 0.15) is 32.5 Å². The Morgan fingerprint density at radius 2 is 1.46 bits per heavy atom. The average molecular weight is 762 g/mol. The van der Waals surface area contributed by atoms with Crippen molar-refractivity contribution >= 4 is 56.5 Å². The van der Waals surface area contributed by atoms with Gasteiger partial charge >= 0.3 is 6.03 Å². The van der Waals surface area contributed by atoms with Gasteiger partial charge in [0.25, 0.3) is 0 Å². The summed E-state index contributed by atoms with van der Waals surface area (Å²) in [6.07, 6.45) is 1.81. The van der Waals surface area contributed by atoms with E-state index in [0.717, 1.165) is 16.7 Å². The first kappa shape index (κ1) is 38.4. The summed E-state index contributed by atoms with van der Waals surface area (Å²) in [5, 5.41) is 1.73.